The number of hydrazine groups is 1. The predicted octanol–water partition coefficient (Wildman–Crippen LogP) is 1.68. The third-order valence-corrected chi connectivity index (χ3v) is 2.56. The topological polar surface area (TPSA) is 47.3 Å². The summed E-state index contributed by atoms with van der Waals surface area (Å²) in [5, 5.41) is 0. The lowest BCUT2D eigenvalue weighted by Gasteiger charge is -2.25. The normalized spacial score (nSPS) is 18.2. The smallest absolute Gasteiger partial charge is 0.0713 e. The van der Waals surface area contributed by atoms with E-state index in [1.807, 2.05) is 6.92 Å². The Labute approximate surface area is 82.0 Å². The second kappa shape index (κ2) is 7.30. The highest BCUT2D eigenvalue weighted by Gasteiger charge is 2.17. The molecule has 80 valence electrons. The summed E-state index contributed by atoms with van der Waals surface area (Å²) in [5.41, 5.74) is 2.83. The van der Waals surface area contributed by atoms with E-state index in [0.29, 0.717) is 5.92 Å². The first-order chi connectivity index (χ1) is 6.15. The van der Waals surface area contributed by atoms with Gasteiger partial charge in [-0.15, -0.1) is 0 Å². The van der Waals surface area contributed by atoms with Gasteiger partial charge in [0.2, 0.25) is 0 Å². The van der Waals surface area contributed by atoms with E-state index in [4.69, 9.17) is 10.6 Å². The van der Waals surface area contributed by atoms with Crippen LogP contribution in [0.4, 0.5) is 0 Å². The number of nitrogens with two attached hydrogens (primary N) is 1. The van der Waals surface area contributed by atoms with Gasteiger partial charge in [-0.05, 0) is 26.2 Å². The Bertz CT molecular complexity index is 119. The number of rotatable bonds is 7. The fourth-order valence-corrected chi connectivity index (χ4v) is 1.37. The molecule has 0 radical (unpaired) electrons. The maximum absolute atomic E-state index is 5.50. The van der Waals surface area contributed by atoms with Gasteiger partial charge in [-0.25, -0.2) is 0 Å². The summed E-state index contributed by atoms with van der Waals surface area (Å²) in [6.45, 7) is 9.26. The van der Waals surface area contributed by atoms with E-state index < -0.39 is 0 Å². The summed E-state index contributed by atoms with van der Waals surface area (Å²) in [5.74, 6) is 6.18. The van der Waals surface area contributed by atoms with Gasteiger partial charge >= 0.3 is 0 Å². The Morgan fingerprint density at radius 2 is 1.92 bits per heavy atom. The Hall–Kier alpha value is -0.120. The van der Waals surface area contributed by atoms with Gasteiger partial charge in [0.1, 0.15) is 0 Å². The van der Waals surface area contributed by atoms with E-state index in [2.05, 4.69) is 26.2 Å². The molecule has 0 bridgehead atoms. The zero-order valence-corrected chi connectivity index (χ0v) is 9.34. The van der Waals surface area contributed by atoms with E-state index in [1.165, 1.54) is 6.42 Å². The average molecular weight is 188 g/mol. The van der Waals surface area contributed by atoms with Crippen LogP contribution >= 0.6 is 0 Å². The molecule has 3 heteroatoms. The average Bonchev–Trinajstić information content (AvgIpc) is 2.14. The van der Waals surface area contributed by atoms with E-state index in [-0.39, 0.29) is 12.1 Å². The second-order valence-corrected chi connectivity index (χ2v) is 3.68. The fourth-order valence-electron chi connectivity index (χ4n) is 1.37. The molecule has 0 aromatic carbocycles. The molecule has 0 saturated carbocycles. The highest BCUT2D eigenvalue weighted by molar-refractivity contribution is 4.73. The molecule has 0 aliphatic carbocycles. The molecule has 0 aromatic heterocycles. The molecule has 0 saturated heterocycles. The lowest BCUT2D eigenvalue weighted by Crippen LogP contribution is -2.44. The number of hydrogen-bond donors (Lipinski definition) is 2. The minimum Gasteiger partial charge on any atom is -0.377 e. The van der Waals surface area contributed by atoms with Crippen molar-refractivity contribution in [3.05, 3.63) is 0 Å². The molecule has 3 atom stereocenters. The van der Waals surface area contributed by atoms with Crippen molar-refractivity contribution in [3.63, 3.8) is 0 Å². The van der Waals surface area contributed by atoms with Crippen molar-refractivity contribution in [2.45, 2.75) is 52.7 Å². The lowest BCUT2D eigenvalue weighted by molar-refractivity contribution is 0.0410. The quantitative estimate of drug-likeness (QED) is 0.472. The van der Waals surface area contributed by atoms with Gasteiger partial charge in [-0.1, -0.05) is 20.3 Å². The summed E-state index contributed by atoms with van der Waals surface area (Å²) < 4.78 is 5.50. The van der Waals surface area contributed by atoms with Crippen LogP contribution in [0.2, 0.25) is 0 Å². The number of nitrogens with one attached hydrogen (secondary N) is 1. The Morgan fingerprint density at radius 3 is 2.31 bits per heavy atom. The van der Waals surface area contributed by atoms with Crippen LogP contribution in [0.3, 0.4) is 0 Å². The third kappa shape index (κ3) is 5.24. The van der Waals surface area contributed by atoms with Crippen LogP contribution in [0.1, 0.15) is 40.5 Å². The van der Waals surface area contributed by atoms with Gasteiger partial charge in [-0.3, -0.25) is 11.3 Å². The van der Waals surface area contributed by atoms with Gasteiger partial charge in [0.05, 0.1) is 6.10 Å². The van der Waals surface area contributed by atoms with Gasteiger partial charge in [0.15, 0.2) is 0 Å². The first-order valence-electron chi connectivity index (χ1n) is 5.23. The molecule has 0 heterocycles. The van der Waals surface area contributed by atoms with Gasteiger partial charge in [-0.2, -0.15) is 0 Å². The maximum atomic E-state index is 5.50. The van der Waals surface area contributed by atoms with E-state index >= 15 is 0 Å². The van der Waals surface area contributed by atoms with E-state index in [1.54, 1.807) is 0 Å². The molecular formula is C10H24N2O. The lowest BCUT2D eigenvalue weighted by atomic mass is 9.97. The summed E-state index contributed by atoms with van der Waals surface area (Å²) in [7, 11) is 0. The van der Waals surface area contributed by atoms with Crippen molar-refractivity contribution in [2.24, 2.45) is 11.8 Å². The highest BCUT2D eigenvalue weighted by atomic mass is 16.5. The van der Waals surface area contributed by atoms with Crippen LogP contribution in [0.25, 0.3) is 0 Å². The maximum Gasteiger partial charge on any atom is 0.0713 e. The predicted molar refractivity (Wildman–Crippen MR) is 56.3 cm³/mol. The molecular weight excluding hydrogens is 164 g/mol. The Balaban J connectivity index is 3.86. The fraction of sp³-hybridized carbons (Fsp3) is 1.00. The summed E-state index contributed by atoms with van der Waals surface area (Å²) in [6.07, 6.45) is 2.47. The van der Waals surface area contributed by atoms with E-state index in [9.17, 15) is 0 Å². The van der Waals surface area contributed by atoms with Crippen molar-refractivity contribution in [3.8, 4) is 0 Å². The second-order valence-electron chi connectivity index (χ2n) is 3.68. The minimum atomic E-state index is 0.198. The molecule has 0 amide bonds. The molecule has 3 nitrogen and oxygen atoms in total. The first kappa shape index (κ1) is 12.9. The Kier molecular flexibility index (Phi) is 7.23. The molecule has 0 spiro atoms. The van der Waals surface area contributed by atoms with Gasteiger partial charge in [0, 0.05) is 12.6 Å². The van der Waals surface area contributed by atoms with Crippen molar-refractivity contribution in [1.29, 1.82) is 0 Å². The summed E-state index contributed by atoms with van der Waals surface area (Å²) in [4.78, 5) is 0. The van der Waals surface area contributed by atoms with Crippen LogP contribution in [0.15, 0.2) is 0 Å². The van der Waals surface area contributed by atoms with Crippen molar-refractivity contribution >= 4 is 0 Å². The minimum absolute atomic E-state index is 0.198. The SMILES string of the molecule is CCOC(C)C(CC(C)CC)NN. The van der Waals surface area contributed by atoms with Crippen molar-refractivity contribution in [2.75, 3.05) is 6.61 Å². The zero-order chi connectivity index (χ0) is 10.3. The number of hydrogen-bond acceptors (Lipinski definition) is 3. The van der Waals surface area contributed by atoms with E-state index in [0.717, 1.165) is 13.0 Å². The molecule has 0 fully saturated rings. The summed E-state index contributed by atoms with van der Waals surface area (Å²) in [6, 6.07) is 0.273. The molecule has 0 aliphatic rings. The third-order valence-electron chi connectivity index (χ3n) is 2.56. The van der Waals surface area contributed by atoms with Crippen LogP contribution in [-0.2, 0) is 4.74 Å². The van der Waals surface area contributed by atoms with Crippen LogP contribution in [0.5, 0.6) is 0 Å². The molecule has 3 unspecified atom stereocenters. The van der Waals surface area contributed by atoms with Crippen LogP contribution in [-0.4, -0.2) is 18.8 Å². The standard InChI is InChI=1S/C10H24N2O/c1-5-8(3)7-10(12-11)9(4)13-6-2/h8-10,12H,5-7,11H2,1-4H3. The van der Waals surface area contributed by atoms with Gasteiger partial charge < -0.3 is 4.74 Å². The van der Waals surface area contributed by atoms with Crippen molar-refractivity contribution in [1.82, 2.24) is 5.43 Å². The largest absolute Gasteiger partial charge is 0.377 e. The molecule has 3 N–H and O–H groups in total. The van der Waals surface area contributed by atoms with Crippen LogP contribution in [0, 0.1) is 5.92 Å². The highest BCUT2D eigenvalue weighted by Crippen LogP contribution is 2.13. The molecule has 0 aromatic rings. The molecule has 13 heavy (non-hydrogen) atoms. The van der Waals surface area contributed by atoms with Gasteiger partial charge in [0.25, 0.3) is 0 Å². The first-order valence-corrected chi connectivity index (χ1v) is 5.23. The Morgan fingerprint density at radius 1 is 1.31 bits per heavy atom. The molecule has 0 aliphatic heterocycles. The molecule has 0 rings (SSSR count). The number of ether oxygens (including phenoxy) is 1. The zero-order valence-electron chi connectivity index (χ0n) is 9.34. The van der Waals surface area contributed by atoms with Crippen LogP contribution < -0.4 is 11.3 Å². The summed E-state index contributed by atoms with van der Waals surface area (Å²) >= 11 is 0. The van der Waals surface area contributed by atoms with Crippen molar-refractivity contribution < 1.29 is 4.74 Å². The monoisotopic (exact) mass is 188 g/mol.